The van der Waals surface area contributed by atoms with Crippen molar-refractivity contribution in [1.82, 2.24) is 15.1 Å². The summed E-state index contributed by atoms with van der Waals surface area (Å²) < 4.78 is 0. The average molecular weight is 300 g/mol. The topological polar surface area (TPSA) is 116 Å². The maximum absolute atomic E-state index is 12.1. The van der Waals surface area contributed by atoms with E-state index in [1.807, 2.05) is 14.1 Å². The molecule has 3 amide bonds. The maximum Gasteiger partial charge on any atom is 0.326 e. The van der Waals surface area contributed by atoms with Gasteiger partial charge < -0.3 is 26.0 Å². The fourth-order valence-electron chi connectivity index (χ4n) is 2.57. The van der Waals surface area contributed by atoms with Crippen LogP contribution in [0.15, 0.2) is 0 Å². The third-order valence-electron chi connectivity index (χ3n) is 3.80. The van der Waals surface area contributed by atoms with Crippen molar-refractivity contribution in [2.45, 2.75) is 31.8 Å². The number of nitrogens with one attached hydrogen (secondary N) is 1. The number of urea groups is 1. The largest absolute Gasteiger partial charge is 0.480 e. The van der Waals surface area contributed by atoms with Gasteiger partial charge in [0.05, 0.1) is 0 Å². The lowest BCUT2D eigenvalue weighted by molar-refractivity contribution is -0.139. The molecular formula is C13H24N4O4. The van der Waals surface area contributed by atoms with Crippen molar-refractivity contribution in [2.24, 2.45) is 11.7 Å². The molecule has 0 saturated carbocycles. The molecule has 1 saturated heterocycles. The van der Waals surface area contributed by atoms with Gasteiger partial charge in [0.25, 0.3) is 0 Å². The van der Waals surface area contributed by atoms with E-state index in [4.69, 9.17) is 10.8 Å². The summed E-state index contributed by atoms with van der Waals surface area (Å²) in [4.78, 5) is 37.6. The summed E-state index contributed by atoms with van der Waals surface area (Å²) in [5, 5.41) is 11.5. The summed E-state index contributed by atoms with van der Waals surface area (Å²) in [5.74, 6) is -1.43. The molecule has 1 aliphatic rings. The number of carboxylic acids is 1. The second-order valence-corrected chi connectivity index (χ2v) is 5.76. The van der Waals surface area contributed by atoms with Gasteiger partial charge in [-0.05, 0) is 26.4 Å². The molecule has 0 aromatic carbocycles. The zero-order chi connectivity index (χ0) is 16.2. The van der Waals surface area contributed by atoms with Crippen LogP contribution in [0.5, 0.6) is 0 Å². The molecule has 1 heterocycles. The van der Waals surface area contributed by atoms with Crippen LogP contribution >= 0.6 is 0 Å². The number of carboxylic acid groups (broad SMARTS) is 1. The summed E-state index contributed by atoms with van der Waals surface area (Å²) in [6, 6.07) is -1.26. The van der Waals surface area contributed by atoms with Crippen LogP contribution in [0, 0.1) is 5.92 Å². The van der Waals surface area contributed by atoms with Gasteiger partial charge in [-0.3, -0.25) is 4.79 Å². The number of likely N-dealkylation sites (N-methyl/N-ethyl adjacent to an activating group) is 1. The van der Waals surface area contributed by atoms with E-state index in [2.05, 4.69) is 17.1 Å². The van der Waals surface area contributed by atoms with Crippen LogP contribution in [0.1, 0.15) is 19.8 Å². The lowest BCUT2D eigenvalue weighted by Gasteiger charge is -2.23. The Balaban J connectivity index is 2.58. The normalized spacial score (nSPS) is 23.1. The Kier molecular flexibility index (Phi) is 5.95. The Morgan fingerprint density at radius 3 is 2.43 bits per heavy atom. The molecule has 21 heavy (non-hydrogen) atoms. The minimum Gasteiger partial charge on any atom is -0.480 e. The number of nitrogens with two attached hydrogens (primary N) is 1. The summed E-state index contributed by atoms with van der Waals surface area (Å²) in [5.41, 5.74) is 5.00. The number of carbonyl (C=O) groups excluding carboxylic acids is 2. The Labute approximate surface area is 124 Å². The first kappa shape index (κ1) is 17.2. The van der Waals surface area contributed by atoms with Gasteiger partial charge in [-0.15, -0.1) is 0 Å². The Morgan fingerprint density at radius 1 is 1.38 bits per heavy atom. The van der Waals surface area contributed by atoms with Crippen molar-refractivity contribution in [3.63, 3.8) is 0 Å². The number of likely N-dealkylation sites (tertiary alicyclic amines) is 1. The van der Waals surface area contributed by atoms with Crippen LogP contribution in [-0.4, -0.2) is 72.1 Å². The predicted octanol–water partition coefficient (Wildman–Crippen LogP) is -0.703. The van der Waals surface area contributed by atoms with Gasteiger partial charge in [-0.1, -0.05) is 6.92 Å². The molecule has 1 fully saturated rings. The molecule has 0 bridgehead atoms. The lowest BCUT2D eigenvalue weighted by Crippen LogP contribution is -2.48. The zero-order valence-corrected chi connectivity index (χ0v) is 12.7. The van der Waals surface area contributed by atoms with E-state index >= 15 is 0 Å². The van der Waals surface area contributed by atoms with Crippen LogP contribution < -0.4 is 11.1 Å². The Bertz CT molecular complexity index is 413. The van der Waals surface area contributed by atoms with Gasteiger partial charge in [-0.25, -0.2) is 9.59 Å². The van der Waals surface area contributed by atoms with Gasteiger partial charge in [0.1, 0.15) is 6.04 Å². The van der Waals surface area contributed by atoms with Gasteiger partial charge in [0.2, 0.25) is 5.91 Å². The highest BCUT2D eigenvalue weighted by molar-refractivity contribution is 5.83. The Morgan fingerprint density at radius 2 is 2.00 bits per heavy atom. The molecule has 1 aliphatic heterocycles. The minimum atomic E-state index is -1.17. The molecule has 8 heteroatoms. The van der Waals surface area contributed by atoms with Gasteiger partial charge in [-0.2, -0.15) is 0 Å². The monoisotopic (exact) mass is 300 g/mol. The van der Waals surface area contributed by atoms with Crippen molar-refractivity contribution in [2.75, 3.05) is 27.2 Å². The summed E-state index contributed by atoms with van der Waals surface area (Å²) in [7, 11) is 3.91. The number of hydrogen-bond acceptors (Lipinski definition) is 4. The van der Waals surface area contributed by atoms with E-state index in [-0.39, 0.29) is 18.9 Å². The van der Waals surface area contributed by atoms with Crippen LogP contribution in [0.3, 0.4) is 0 Å². The fraction of sp³-hybridized carbons (Fsp3) is 0.769. The van der Waals surface area contributed by atoms with Crippen LogP contribution in [0.25, 0.3) is 0 Å². The molecule has 0 aromatic rings. The highest BCUT2D eigenvalue weighted by atomic mass is 16.4. The van der Waals surface area contributed by atoms with Gasteiger partial charge >= 0.3 is 12.0 Å². The molecular weight excluding hydrogens is 276 g/mol. The average Bonchev–Trinajstić information content (AvgIpc) is 2.75. The highest BCUT2D eigenvalue weighted by Crippen LogP contribution is 2.20. The van der Waals surface area contributed by atoms with E-state index < -0.39 is 23.9 Å². The first-order chi connectivity index (χ1) is 9.72. The van der Waals surface area contributed by atoms with Crippen molar-refractivity contribution >= 4 is 17.9 Å². The van der Waals surface area contributed by atoms with Crippen molar-refractivity contribution in [1.29, 1.82) is 0 Å². The Hall–Kier alpha value is -1.83. The molecule has 2 unspecified atom stereocenters. The molecule has 0 spiro atoms. The quantitative estimate of drug-likeness (QED) is 0.599. The lowest BCUT2D eigenvalue weighted by atomic mass is 10.1. The third kappa shape index (κ3) is 4.89. The predicted molar refractivity (Wildman–Crippen MR) is 76.6 cm³/mol. The molecule has 0 radical (unpaired) electrons. The summed E-state index contributed by atoms with van der Waals surface area (Å²) in [6.07, 6.45) is -0.0785. The van der Waals surface area contributed by atoms with Crippen molar-refractivity contribution in [3.8, 4) is 0 Å². The number of amides is 3. The molecule has 1 rings (SSSR count). The standard InChI is InChI=1S/C13H24N4O4/c1-8-6-17(7-10(8)16(2)3)13(21)15-9(12(19)20)4-5-11(14)18/h8-10H,4-7H2,1-3H3,(H2,14,18)(H,15,21)(H,19,20)/t8?,9-,10?/m1/s1. The zero-order valence-electron chi connectivity index (χ0n) is 12.7. The number of nitrogens with zero attached hydrogens (tertiary/aromatic N) is 2. The first-order valence-electron chi connectivity index (χ1n) is 6.95. The molecule has 120 valence electrons. The SMILES string of the molecule is CC1CN(C(=O)N[C@H](CCC(N)=O)C(=O)O)CC1N(C)C. The first-order valence-corrected chi connectivity index (χ1v) is 6.95. The molecule has 3 atom stereocenters. The summed E-state index contributed by atoms with van der Waals surface area (Å²) >= 11 is 0. The van der Waals surface area contributed by atoms with E-state index in [1.165, 1.54) is 0 Å². The van der Waals surface area contributed by atoms with E-state index in [0.717, 1.165) is 0 Å². The van der Waals surface area contributed by atoms with Crippen molar-refractivity contribution < 1.29 is 19.5 Å². The van der Waals surface area contributed by atoms with Gasteiger partial charge in [0, 0.05) is 25.6 Å². The van der Waals surface area contributed by atoms with Crippen molar-refractivity contribution in [3.05, 3.63) is 0 Å². The number of primary amides is 1. The van der Waals surface area contributed by atoms with E-state index in [9.17, 15) is 14.4 Å². The molecule has 0 aromatic heterocycles. The highest BCUT2D eigenvalue weighted by Gasteiger charge is 2.34. The van der Waals surface area contributed by atoms with E-state index in [1.54, 1.807) is 4.90 Å². The molecule has 0 aliphatic carbocycles. The molecule has 4 N–H and O–H groups in total. The van der Waals surface area contributed by atoms with Gasteiger partial charge in [0.15, 0.2) is 0 Å². The van der Waals surface area contributed by atoms with Crippen LogP contribution in [0.2, 0.25) is 0 Å². The minimum absolute atomic E-state index is 0.00307. The summed E-state index contributed by atoms with van der Waals surface area (Å²) in [6.45, 7) is 3.19. The van der Waals surface area contributed by atoms with Crippen LogP contribution in [0.4, 0.5) is 4.79 Å². The maximum atomic E-state index is 12.1. The number of rotatable bonds is 6. The van der Waals surface area contributed by atoms with Crippen LogP contribution in [-0.2, 0) is 9.59 Å². The number of aliphatic carboxylic acids is 1. The second-order valence-electron chi connectivity index (χ2n) is 5.76. The number of hydrogen-bond donors (Lipinski definition) is 3. The smallest absolute Gasteiger partial charge is 0.326 e. The van der Waals surface area contributed by atoms with E-state index in [0.29, 0.717) is 19.0 Å². The third-order valence-corrected chi connectivity index (χ3v) is 3.80. The molecule has 8 nitrogen and oxygen atoms in total. The fourth-order valence-corrected chi connectivity index (χ4v) is 2.57. The number of carbonyl (C=O) groups is 3. The second kappa shape index (κ2) is 7.26.